The van der Waals surface area contributed by atoms with Crippen molar-refractivity contribution < 1.29 is 14.4 Å². The molecule has 1 saturated carbocycles. The largest absolute Gasteiger partial charge is 0.382 e. The van der Waals surface area contributed by atoms with Gasteiger partial charge in [0.25, 0.3) is 11.8 Å². The van der Waals surface area contributed by atoms with Crippen LogP contribution in [0.4, 0.5) is 5.69 Å². The van der Waals surface area contributed by atoms with Crippen molar-refractivity contribution in [2.45, 2.75) is 50.7 Å². The SMILES string of the molecule is O=C(Nc1ccccc1)C1=NOC(C(=O)NC2CCCCC2)C1. The minimum atomic E-state index is -0.701. The average Bonchev–Trinajstić information content (AvgIpc) is 3.07. The first-order chi connectivity index (χ1) is 11.2. The Balaban J connectivity index is 1.49. The summed E-state index contributed by atoms with van der Waals surface area (Å²) < 4.78 is 0. The molecule has 1 aliphatic heterocycles. The summed E-state index contributed by atoms with van der Waals surface area (Å²) in [6, 6.07) is 9.36. The van der Waals surface area contributed by atoms with Gasteiger partial charge in [0.1, 0.15) is 5.71 Å². The number of nitrogens with one attached hydrogen (secondary N) is 2. The molecule has 0 saturated heterocycles. The molecule has 2 aliphatic rings. The highest BCUT2D eigenvalue weighted by molar-refractivity contribution is 6.43. The Morgan fingerprint density at radius 3 is 2.57 bits per heavy atom. The molecular formula is C17H21N3O3. The van der Waals surface area contributed by atoms with Crippen LogP contribution >= 0.6 is 0 Å². The lowest BCUT2D eigenvalue weighted by molar-refractivity contribution is -0.132. The van der Waals surface area contributed by atoms with E-state index >= 15 is 0 Å². The minimum absolute atomic E-state index is 0.178. The second-order valence-corrected chi connectivity index (χ2v) is 6.00. The molecule has 3 rings (SSSR count). The predicted octanol–water partition coefficient (Wildman–Crippen LogP) is 2.22. The molecule has 1 aromatic carbocycles. The lowest BCUT2D eigenvalue weighted by Gasteiger charge is -2.23. The van der Waals surface area contributed by atoms with Crippen molar-refractivity contribution in [3.05, 3.63) is 30.3 Å². The Hall–Kier alpha value is -2.37. The molecule has 1 aliphatic carbocycles. The zero-order valence-electron chi connectivity index (χ0n) is 13.0. The van der Waals surface area contributed by atoms with Gasteiger partial charge in [-0.1, -0.05) is 42.6 Å². The molecule has 0 bridgehead atoms. The Bertz CT molecular complexity index is 594. The van der Waals surface area contributed by atoms with Crippen LogP contribution in [0.5, 0.6) is 0 Å². The van der Waals surface area contributed by atoms with Crippen molar-refractivity contribution in [3.8, 4) is 0 Å². The normalized spacial score (nSPS) is 21.2. The third-order valence-corrected chi connectivity index (χ3v) is 4.21. The Labute approximate surface area is 135 Å². The summed E-state index contributed by atoms with van der Waals surface area (Å²) in [6.07, 6.45) is 5.07. The van der Waals surface area contributed by atoms with Gasteiger partial charge in [-0.3, -0.25) is 9.59 Å². The number of anilines is 1. The number of nitrogens with zero attached hydrogens (tertiary/aromatic N) is 1. The standard InChI is InChI=1S/C17H21N3O3/c21-16(18-12-7-3-1-4-8-12)14-11-15(23-20-14)17(22)19-13-9-5-2-6-10-13/h1,3-4,7-8,13,15H,2,5-6,9-11H2,(H,18,21)(H,19,22). The van der Waals surface area contributed by atoms with E-state index in [4.69, 9.17) is 4.84 Å². The smallest absolute Gasteiger partial charge is 0.273 e. The van der Waals surface area contributed by atoms with Gasteiger partial charge in [-0.15, -0.1) is 0 Å². The summed E-state index contributed by atoms with van der Waals surface area (Å²) in [7, 11) is 0. The molecule has 1 fully saturated rings. The van der Waals surface area contributed by atoms with Gasteiger partial charge in [0.15, 0.2) is 0 Å². The van der Waals surface area contributed by atoms with E-state index < -0.39 is 6.10 Å². The lowest BCUT2D eigenvalue weighted by atomic mass is 9.95. The lowest BCUT2D eigenvalue weighted by Crippen LogP contribution is -2.42. The maximum atomic E-state index is 12.2. The molecule has 6 heteroatoms. The van der Waals surface area contributed by atoms with E-state index in [9.17, 15) is 9.59 Å². The minimum Gasteiger partial charge on any atom is -0.382 e. The van der Waals surface area contributed by atoms with Crippen LogP contribution in [-0.4, -0.2) is 29.7 Å². The second-order valence-electron chi connectivity index (χ2n) is 6.00. The number of rotatable bonds is 4. The first-order valence-electron chi connectivity index (χ1n) is 8.12. The molecule has 2 amide bonds. The van der Waals surface area contributed by atoms with Crippen LogP contribution in [0.1, 0.15) is 38.5 Å². The van der Waals surface area contributed by atoms with Crippen LogP contribution in [-0.2, 0) is 14.4 Å². The zero-order chi connectivity index (χ0) is 16.1. The molecule has 1 heterocycles. The molecule has 1 aromatic rings. The van der Waals surface area contributed by atoms with Crippen LogP contribution in [0.3, 0.4) is 0 Å². The Kier molecular flexibility index (Phi) is 4.90. The van der Waals surface area contributed by atoms with Gasteiger partial charge in [0.05, 0.1) is 0 Å². The molecule has 0 radical (unpaired) electrons. The highest BCUT2D eigenvalue weighted by atomic mass is 16.6. The maximum absolute atomic E-state index is 12.2. The zero-order valence-corrected chi connectivity index (χ0v) is 13.0. The van der Waals surface area contributed by atoms with Gasteiger partial charge in [-0.25, -0.2) is 0 Å². The summed E-state index contributed by atoms with van der Waals surface area (Å²) in [5.74, 6) is -0.507. The summed E-state index contributed by atoms with van der Waals surface area (Å²) >= 11 is 0. The van der Waals surface area contributed by atoms with Crippen LogP contribution in [0.15, 0.2) is 35.5 Å². The molecule has 122 valence electrons. The van der Waals surface area contributed by atoms with Crippen LogP contribution in [0, 0.1) is 0 Å². The van der Waals surface area contributed by atoms with Gasteiger partial charge in [0, 0.05) is 18.2 Å². The van der Waals surface area contributed by atoms with Crippen LogP contribution in [0.2, 0.25) is 0 Å². The summed E-state index contributed by atoms with van der Waals surface area (Å²) in [5, 5.41) is 9.52. The molecular weight excluding hydrogens is 294 g/mol. The van der Waals surface area contributed by atoms with Crippen molar-refractivity contribution in [2.24, 2.45) is 5.16 Å². The number of benzene rings is 1. The summed E-state index contributed by atoms with van der Waals surface area (Å²) in [6.45, 7) is 0. The molecule has 6 nitrogen and oxygen atoms in total. The quantitative estimate of drug-likeness (QED) is 0.894. The van der Waals surface area contributed by atoms with Gasteiger partial charge in [0.2, 0.25) is 6.10 Å². The summed E-state index contributed by atoms with van der Waals surface area (Å²) in [4.78, 5) is 29.5. The van der Waals surface area contributed by atoms with E-state index in [1.165, 1.54) is 6.42 Å². The van der Waals surface area contributed by atoms with E-state index in [1.807, 2.05) is 18.2 Å². The number of hydrogen-bond donors (Lipinski definition) is 2. The molecule has 0 spiro atoms. The van der Waals surface area contributed by atoms with Crippen molar-refractivity contribution >= 4 is 23.2 Å². The molecule has 1 unspecified atom stereocenters. The maximum Gasteiger partial charge on any atom is 0.273 e. The van der Waals surface area contributed by atoms with Gasteiger partial charge in [-0.05, 0) is 25.0 Å². The van der Waals surface area contributed by atoms with Crippen molar-refractivity contribution in [3.63, 3.8) is 0 Å². The number of amides is 2. The van der Waals surface area contributed by atoms with E-state index in [0.29, 0.717) is 5.69 Å². The first kappa shape index (κ1) is 15.5. The molecule has 0 aromatic heterocycles. The van der Waals surface area contributed by atoms with Crippen molar-refractivity contribution in [1.82, 2.24) is 5.32 Å². The van der Waals surface area contributed by atoms with Crippen molar-refractivity contribution in [1.29, 1.82) is 0 Å². The molecule has 1 atom stereocenters. The molecule has 2 N–H and O–H groups in total. The van der Waals surface area contributed by atoms with E-state index in [0.717, 1.165) is 25.7 Å². The van der Waals surface area contributed by atoms with Gasteiger partial charge < -0.3 is 15.5 Å². The fourth-order valence-electron chi connectivity index (χ4n) is 2.92. The predicted molar refractivity (Wildman–Crippen MR) is 87.0 cm³/mol. The topological polar surface area (TPSA) is 79.8 Å². The number of carbonyl (C=O) groups is 2. The van der Waals surface area contributed by atoms with E-state index in [-0.39, 0.29) is 30.0 Å². The van der Waals surface area contributed by atoms with Crippen molar-refractivity contribution in [2.75, 3.05) is 5.32 Å². The second kappa shape index (κ2) is 7.26. The number of para-hydroxylation sites is 1. The number of hydrogen-bond acceptors (Lipinski definition) is 4. The summed E-state index contributed by atoms with van der Waals surface area (Å²) in [5.41, 5.74) is 0.938. The number of oxime groups is 1. The highest BCUT2D eigenvalue weighted by Crippen LogP contribution is 2.19. The average molecular weight is 315 g/mol. The Morgan fingerprint density at radius 2 is 1.83 bits per heavy atom. The fourth-order valence-corrected chi connectivity index (χ4v) is 2.92. The monoisotopic (exact) mass is 315 g/mol. The van der Waals surface area contributed by atoms with Crippen LogP contribution in [0.25, 0.3) is 0 Å². The fraction of sp³-hybridized carbons (Fsp3) is 0.471. The van der Waals surface area contributed by atoms with Gasteiger partial charge >= 0.3 is 0 Å². The molecule has 23 heavy (non-hydrogen) atoms. The Morgan fingerprint density at radius 1 is 1.09 bits per heavy atom. The van der Waals surface area contributed by atoms with Gasteiger partial charge in [-0.2, -0.15) is 0 Å². The van der Waals surface area contributed by atoms with Crippen LogP contribution < -0.4 is 10.6 Å². The first-order valence-corrected chi connectivity index (χ1v) is 8.12. The van der Waals surface area contributed by atoms with E-state index in [1.54, 1.807) is 12.1 Å². The number of carbonyl (C=O) groups excluding carboxylic acids is 2. The van der Waals surface area contributed by atoms with E-state index in [2.05, 4.69) is 15.8 Å². The third kappa shape index (κ3) is 4.09. The third-order valence-electron chi connectivity index (χ3n) is 4.21. The highest BCUT2D eigenvalue weighted by Gasteiger charge is 2.32.